The largest absolute Gasteiger partial charge is 0.467 e. The Bertz CT molecular complexity index is 503. The van der Waals surface area contributed by atoms with Gasteiger partial charge in [0, 0.05) is 12.7 Å². The van der Waals surface area contributed by atoms with Crippen LogP contribution in [0.4, 0.5) is 5.95 Å². The van der Waals surface area contributed by atoms with Crippen LogP contribution in [-0.4, -0.2) is 33.6 Å². The van der Waals surface area contributed by atoms with E-state index < -0.39 is 0 Å². The van der Waals surface area contributed by atoms with Gasteiger partial charge in [-0.25, -0.2) is 0 Å². The number of aromatic nitrogens is 4. The summed E-state index contributed by atoms with van der Waals surface area (Å²) in [5.74, 6) is 1.01. The zero-order valence-corrected chi connectivity index (χ0v) is 10.4. The molecule has 0 bridgehead atoms. The molecule has 0 amide bonds. The maximum atomic E-state index is 5.07. The van der Waals surface area contributed by atoms with E-state index in [0.717, 1.165) is 13.0 Å². The SMILES string of the molecule is CCCNc1nc(OC)nc(-c2ccccn2)n1. The molecule has 2 rings (SSSR count). The van der Waals surface area contributed by atoms with Crippen LogP contribution in [0, 0.1) is 0 Å². The van der Waals surface area contributed by atoms with Gasteiger partial charge >= 0.3 is 6.01 Å². The molecule has 2 aromatic rings. The third-order valence-electron chi connectivity index (χ3n) is 2.22. The Hall–Kier alpha value is -2.24. The topological polar surface area (TPSA) is 72.8 Å². The van der Waals surface area contributed by atoms with Crippen molar-refractivity contribution in [2.75, 3.05) is 19.0 Å². The first kappa shape index (κ1) is 12.2. The highest BCUT2D eigenvalue weighted by molar-refractivity contribution is 5.50. The van der Waals surface area contributed by atoms with E-state index in [1.54, 1.807) is 6.20 Å². The van der Waals surface area contributed by atoms with Gasteiger partial charge in [-0.15, -0.1) is 0 Å². The van der Waals surface area contributed by atoms with E-state index in [1.165, 1.54) is 7.11 Å². The Morgan fingerprint density at radius 3 is 2.78 bits per heavy atom. The van der Waals surface area contributed by atoms with Crippen molar-refractivity contribution >= 4 is 5.95 Å². The van der Waals surface area contributed by atoms with Gasteiger partial charge in [0.15, 0.2) is 5.82 Å². The number of nitrogens with zero attached hydrogens (tertiary/aromatic N) is 4. The zero-order valence-electron chi connectivity index (χ0n) is 10.4. The molecule has 0 saturated heterocycles. The zero-order chi connectivity index (χ0) is 12.8. The summed E-state index contributed by atoms with van der Waals surface area (Å²) < 4.78 is 5.07. The van der Waals surface area contributed by atoms with E-state index in [9.17, 15) is 0 Å². The second kappa shape index (κ2) is 5.90. The van der Waals surface area contributed by atoms with E-state index in [2.05, 4.69) is 32.2 Å². The van der Waals surface area contributed by atoms with E-state index in [0.29, 0.717) is 17.5 Å². The maximum absolute atomic E-state index is 5.07. The van der Waals surface area contributed by atoms with Gasteiger partial charge in [-0.2, -0.15) is 15.0 Å². The van der Waals surface area contributed by atoms with Crippen LogP contribution in [0.2, 0.25) is 0 Å². The van der Waals surface area contributed by atoms with Gasteiger partial charge in [-0.05, 0) is 18.6 Å². The van der Waals surface area contributed by atoms with E-state index in [4.69, 9.17) is 4.74 Å². The summed E-state index contributed by atoms with van der Waals surface area (Å²) in [7, 11) is 1.53. The second-order valence-corrected chi connectivity index (χ2v) is 3.61. The van der Waals surface area contributed by atoms with Gasteiger partial charge in [0.1, 0.15) is 5.69 Å². The van der Waals surface area contributed by atoms with Crippen LogP contribution < -0.4 is 10.1 Å². The highest BCUT2D eigenvalue weighted by Crippen LogP contribution is 2.15. The molecule has 0 fully saturated rings. The molecule has 0 aliphatic carbocycles. The summed E-state index contributed by atoms with van der Waals surface area (Å²) in [5, 5.41) is 3.11. The fraction of sp³-hybridized carbons (Fsp3) is 0.333. The summed E-state index contributed by atoms with van der Waals surface area (Å²) in [6.07, 6.45) is 2.69. The Labute approximate surface area is 105 Å². The van der Waals surface area contributed by atoms with Gasteiger partial charge < -0.3 is 10.1 Å². The maximum Gasteiger partial charge on any atom is 0.321 e. The molecule has 2 heterocycles. The standard InChI is InChI=1S/C12H15N5O/c1-3-7-14-11-15-10(16-12(17-11)18-2)9-6-4-5-8-13-9/h4-6,8H,3,7H2,1-2H3,(H,14,15,16,17). The fourth-order valence-electron chi connectivity index (χ4n) is 1.37. The predicted octanol–water partition coefficient (Wildman–Crippen LogP) is 1.76. The van der Waals surface area contributed by atoms with E-state index >= 15 is 0 Å². The summed E-state index contributed by atoms with van der Waals surface area (Å²) >= 11 is 0. The molecular formula is C12H15N5O. The van der Waals surface area contributed by atoms with Crippen LogP contribution in [0.25, 0.3) is 11.5 Å². The first-order chi connectivity index (χ1) is 8.83. The van der Waals surface area contributed by atoms with E-state index in [-0.39, 0.29) is 6.01 Å². The van der Waals surface area contributed by atoms with Crippen LogP contribution in [0.15, 0.2) is 24.4 Å². The van der Waals surface area contributed by atoms with Gasteiger partial charge in [0.05, 0.1) is 7.11 Å². The minimum atomic E-state index is 0.282. The smallest absolute Gasteiger partial charge is 0.321 e. The monoisotopic (exact) mass is 245 g/mol. The molecule has 6 nitrogen and oxygen atoms in total. The van der Waals surface area contributed by atoms with Crippen LogP contribution in [0.3, 0.4) is 0 Å². The van der Waals surface area contributed by atoms with E-state index in [1.807, 2.05) is 18.2 Å². The summed E-state index contributed by atoms with van der Waals surface area (Å²) in [4.78, 5) is 16.8. The lowest BCUT2D eigenvalue weighted by molar-refractivity contribution is 0.379. The second-order valence-electron chi connectivity index (χ2n) is 3.61. The van der Waals surface area contributed by atoms with Crippen molar-refractivity contribution in [1.29, 1.82) is 0 Å². The van der Waals surface area contributed by atoms with Crippen LogP contribution in [-0.2, 0) is 0 Å². The van der Waals surface area contributed by atoms with Gasteiger partial charge in [0.2, 0.25) is 5.95 Å². The fourth-order valence-corrected chi connectivity index (χ4v) is 1.37. The van der Waals surface area contributed by atoms with Crippen molar-refractivity contribution in [3.63, 3.8) is 0 Å². The average molecular weight is 245 g/mol. The molecule has 0 unspecified atom stereocenters. The minimum Gasteiger partial charge on any atom is -0.467 e. The molecular weight excluding hydrogens is 230 g/mol. The van der Waals surface area contributed by atoms with Crippen molar-refractivity contribution < 1.29 is 4.74 Å². The first-order valence-electron chi connectivity index (χ1n) is 5.79. The van der Waals surface area contributed by atoms with Gasteiger partial charge in [-0.3, -0.25) is 4.98 Å². The van der Waals surface area contributed by atoms with Crippen molar-refractivity contribution in [3.05, 3.63) is 24.4 Å². The number of hydrogen-bond donors (Lipinski definition) is 1. The van der Waals surface area contributed by atoms with Gasteiger partial charge in [0.25, 0.3) is 0 Å². The molecule has 1 N–H and O–H groups in total. The number of methoxy groups -OCH3 is 1. The lowest BCUT2D eigenvalue weighted by atomic mass is 10.3. The minimum absolute atomic E-state index is 0.282. The number of rotatable bonds is 5. The van der Waals surface area contributed by atoms with Crippen LogP contribution in [0.1, 0.15) is 13.3 Å². The molecule has 94 valence electrons. The molecule has 0 radical (unpaired) electrons. The number of anilines is 1. The van der Waals surface area contributed by atoms with Crippen molar-refractivity contribution in [2.45, 2.75) is 13.3 Å². The highest BCUT2D eigenvalue weighted by atomic mass is 16.5. The molecule has 0 atom stereocenters. The van der Waals surface area contributed by atoms with Crippen molar-refractivity contribution in [2.24, 2.45) is 0 Å². The summed E-state index contributed by atoms with van der Waals surface area (Å²) in [6.45, 7) is 2.87. The molecule has 18 heavy (non-hydrogen) atoms. The molecule has 0 saturated carbocycles. The predicted molar refractivity (Wildman–Crippen MR) is 68.4 cm³/mol. The van der Waals surface area contributed by atoms with Crippen molar-refractivity contribution in [1.82, 2.24) is 19.9 Å². The Morgan fingerprint density at radius 2 is 2.11 bits per heavy atom. The third-order valence-corrected chi connectivity index (χ3v) is 2.22. The number of pyridine rings is 1. The van der Waals surface area contributed by atoms with Gasteiger partial charge in [-0.1, -0.05) is 13.0 Å². The Morgan fingerprint density at radius 1 is 1.22 bits per heavy atom. The first-order valence-corrected chi connectivity index (χ1v) is 5.79. The normalized spacial score (nSPS) is 10.1. The number of hydrogen-bond acceptors (Lipinski definition) is 6. The molecule has 0 spiro atoms. The number of nitrogens with one attached hydrogen (secondary N) is 1. The Kier molecular flexibility index (Phi) is 4.01. The summed E-state index contributed by atoms with van der Waals surface area (Å²) in [6, 6.07) is 5.86. The molecule has 2 aromatic heterocycles. The molecule has 0 aromatic carbocycles. The van der Waals surface area contributed by atoms with Crippen LogP contribution in [0.5, 0.6) is 6.01 Å². The lowest BCUT2D eigenvalue weighted by Gasteiger charge is -2.06. The number of ether oxygens (including phenoxy) is 1. The third kappa shape index (κ3) is 2.91. The van der Waals surface area contributed by atoms with Crippen LogP contribution >= 0.6 is 0 Å². The lowest BCUT2D eigenvalue weighted by Crippen LogP contribution is -2.08. The average Bonchev–Trinajstić information content (AvgIpc) is 2.45. The molecule has 0 aliphatic heterocycles. The quantitative estimate of drug-likeness (QED) is 0.865. The molecule has 0 aliphatic rings. The summed E-state index contributed by atoms with van der Waals surface area (Å²) in [5.41, 5.74) is 0.692. The Balaban J connectivity index is 2.35. The molecule has 6 heteroatoms. The van der Waals surface area contributed by atoms with Crippen molar-refractivity contribution in [3.8, 4) is 17.5 Å². The highest BCUT2D eigenvalue weighted by Gasteiger charge is 2.08.